The minimum absolute atomic E-state index is 0.814. The summed E-state index contributed by atoms with van der Waals surface area (Å²) in [5.41, 5.74) is 0. The van der Waals surface area contributed by atoms with Gasteiger partial charge in [-0.05, 0) is 28.3 Å². The molecule has 0 saturated carbocycles. The molecule has 0 aliphatic carbocycles. The highest BCUT2D eigenvalue weighted by atomic mass is 32.4. The van der Waals surface area contributed by atoms with Crippen LogP contribution in [0.2, 0.25) is 0 Å². The first-order valence-corrected chi connectivity index (χ1v) is 16.6. The second-order valence-electron chi connectivity index (χ2n) is 7.96. The van der Waals surface area contributed by atoms with Crippen LogP contribution in [-0.2, 0) is 23.6 Å². The second-order valence-corrected chi connectivity index (χ2v) is 17.3. The number of hydrogen-bond acceptors (Lipinski definition) is 3. The van der Waals surface area contributed by atoms with Crippen molar-refractivity contribution in [3.05, 3.63) is 121 Å². The van der Waals surface area contributed by atoms with Crippen LogP contribution >= 0.6 is 12.1 Å². The van der Waals surface area contributed by atoms with E-state index in [-0.39, 0.29) is 0 Å². The summed E-state index contributed by atoms with van der Waals surface area (Å²) in [4.78, 5) is 2.39. The van der Waals surface area contributed by atoms with Crippen LogP contribution in [0.4, 0.5) is 0 Å². The molecule has 0 radical (unpaired) electrons. The topological polar surface area (TPSA) is 3.24 Å². The third-order valence-electron chi connectivity index (χ3n) is 5.57. The van der Waals surface area contributed by atoms with E-state index in [1.54, 1.807) is 0 Å². The minimum Gasteiger partial charge on any atom is -0.295 e. The summed E-state index contributed by atoms with van der Waals surface area (Å²) >= 11 is 13.0. The van der Waals surface area contributed by atoms with Crippen LogP contribution in [-0.4, -0.2) is 24.5 Å². The molecule has 32 heavy (non-hydrogen) atoms. The normalized spacial score (nSPS) is 12.1. The highest BCUT2D eigenvalue weighted by molar-refractivity contribution is 8.22. The fourth-order valence-electron chi connectivity index (χ4n) is 4.02. The fourth-order valence-corrected chi connectivity index (χ4v) is 12.3. The third kappa shape index (κ3) is 5.04. The van der Waals surface area contributed by atoms with Crippen molar-refractivity contribution in [2.24, 2.45) is 0 Å². The molecule has 4 rings (SSSR count). The van der Waals surface area contributed by atoms with E-state index < -0.39 is 12.1 Å². The lowest BCUT2D eigenvalue weighted by Gasteiger charge is -2.33. The molecular formula is C27H27NP2S2. The molecule has 5 heteroatoms. The van der Waals surface area contributed by atoms with Crippen LogP contribution in [0, 0.1) is 0 Å². The van der Waals surface area contributed by atoms with Gasteiger partial charge in [-0.2, -0.15) is 0 Å². The van der Waals surface area contributed by atoms with Crippen molar-refractivity contribution < 1.29 is 0 Å². The highest BCUT2D eigenvalue weighted by Crippen LogP contribution is 2.48. The summed E-state index contributed by atoms with van der Waals surface area (Å²) in [6.07, 6.45) is 1.63. The van der Waals surface area contributed by atoms with Crippen molar-refractivity contribution in [2.75, 3.05) is 19.6 Å². The molecule has 1 nitrogen and oxygen atoms in total. The van der Waals surface area contributed by atoms with Gasteiger partial charge in [0.15, 0.2) is 0 Å². The fraction of sp³-hybridized carbons (Fsp3) is 0.111. The highest BCUT2D eigenvalue weighted by Gasteiger charge is 2.28. The maximum Gasteiger partial charge on any atom is 0.0352 e. The van der Waals surface area contributed by atoms with E-state index in [2.05, 4.69) is 133 Å². The smallest absolute Gasteiger partial charge is 0.0352 e. The molecule has 0 spiro atoms. The van der Waals surface area contributed by atoms with Gasteiger partial charge in [0.05, 0.1) is 0 Å². The largest absolute Gasteiger partial charge is 0.295 e. The lowest BCUT2D eigenvalue weighted by atomic mass is 10.4. The van der Waals surface area contributed by atoms with Gasteiger partial charge in [0, 0.05) is 24.6 Å². The third-order valence-corrected chi connectivity index (χ3v) is 15.1. The Hall–Kier alpha value is -1.86. The van der Waals surface area contributed by atoms with Crippen LogP contribution in [0.15, 0.2) is 121 Å². The molecule has 0 amide bonds. The average Bonchev–Trinajstić information content (AvgIpc) is 2.86. The molecular weight excluding hydrogens is 464 g/mol. The van der Waals surface area contributed by atoms with Crippen LogP contribution in [0.5, 0.6) is 0 Å². The van der Waals surface area contributed by atoms with Crippen molar-refractivity contribution in [3.8, 4) is 0 Å². The maximum atomic E-state index is 6.48. The zero-order valence-electron chi connectivity index (χ0n) is 18.1. The Morgan fingerprint density at radius 1 is 0.469 bits per heavy atom. The first-order chi connectivity index (χ1) is 15.5. The maximum absolute atomic E-state index is 6.48. The Kier molecular flexibility index (Phi) is 7.56. The molecule has 0 N–H and O–H groups in total. The van der Waals surface area contributed by atoms with Gasteiger partial charge in [-0.15, -0.1) is 0 Å². The minimum atomic E-state index is -2.02. The Morgan fingerprint density at radius 2 is 0.688 bits per heavy atom. The molecule has 0 heterocycles. The summed E-state index contributed by atoms with van der Waals surface area (Å²) in [6, 6.07) is 38.4. The predicted molar refractivity (Wildman–Crippen MR) is 150 cm³/mol. The SMILES string of the molecule is CN(CP(=S)(c1ccccc1)c1ccccc1)CP(=S)(c1ccccc1)c1ccccc1. The van der Waals surface area contributed by atoms with Crippen molar-refractivity contribution in [1.82, 2.24) is 4.90 Å². The van der Waals surface area contributed by atoms with Gasteiger partial charge in [-0.3, -0.25) is 4.90 Å². The standard InChI is InChI=1S/C27H27NP2S2/c1-28(22-29(31,24-14-6-2-7-15-24)25-16-8-3-9-17-25)23-30(32,26-18-10-4-11-19-26)27-20-12-5-13-21-27/h2-21H,22-23H2,1H3. The predicted octanol–water partition coefficient (Wildman–Crippen LogP) is 5.09. The van der Waals surface area contributed by atoms with Crippen LogP contribution in [0.1, 0.15) is 0 Å². The van der Waals surface area contributed by atoms with Gasteiger partial charge >= 0.3 is 0 Å². The Balaban J connectivity index is 1.71. The molecule has 0 bridgehead atoms. The zero-order chi connectivity index (χ0) is 22.4. The summed E-state index contributed by atoms with van der Waals surface area (Å²) in [5.74, 6) is 0. The van der Waals surface area contributed by atoms with Gasteiger partial charge in [-0.1, -0.05) is 145 Å². The van der Waals surface area contributed by atoms with E-state index in [0.29, 0.717) is 0 Å². The molecule has 0 unspecified atom stereocenters. The van der Waals surface area contributed by atoms with E-state index in [1.807, 2.05) is 0 Å². The Bertz CT molecular complexity index is 1040. The molecule has 0 aliphatic rings. The monoisotopic (exact) mass is 491 g/mol. The van der Waals surface area contributed by atoms with E-state index in [9.17, 15) is 0 Å². The van der Waals surface area contributed by atoms with Gasteiger partial charge in [-0.25, -0.2) is 0 Å². The summed E-state index contributed by atoms with van der Waals surface area (Å²) in [6.45, 7) is 0. The van der Waals surface area contributed by atoms with E-state index in [1.165, 1.54) is 21.2 Å². The average molecular weight is 492 g/mol. The summed E-state index contributed by atoms with van der Waals surface area (Å²) in [7, 11) is 2.18. The van der Waals surface area contributed by atoms with Crippen LogP contribution in [0.25, 0.3) is 0 Å². The Labute approximate surface area is 202 Å². The molecule has 0 aliphatic heterocycles. The van der Waals surface area contributed by atoms with Gasteiger partial charge in [0.1, 0.15) is 0 Å². The van der Waals surface area contributed by atoms with Crippen molar-refractivity contribution in [1.29, 1.82) is 0 Å². The van der Waals surface area contributed by atoms with Gasteiger partial charge in [0.2, 0.25) is 0 Å². The van der Waals surface area contributed by atoms with Crippen molar-refractivity contribution in [3.63, 3.8) is 0 Å². The zero-order valence-corrected chi connectivity index (χ0v) is 21.5. The number of rotatable bonds is 8. The molecule has 0 fully saturated rings. The first kappa shape index (κ1) is 23.3. The first-order valence-electron chi connectivity index (χ1n) is 10.6. The molecule has 0 atom stereocenters. The van der Waals surface area contributed by atoms with E-state index in [0.717, 1.165) is 12.6 Å². The molecule has 0 aromatic heterocycles. The van der Waals surface area contributed by atoms with Crippen molar-refractivity contribution in [2.45, 2.75) is 0 Å². The number of nitrogens with zero attached hydrogens (tertiary/aromatic N) is 1. The van der Waals surface area contributed by atoms with Gasteiger partial charge < -0.3 is 0 Å². The Morgan fingerprint density at radius 3 is 0.906 bits per heavy atom. The summed E-state index contributed by atoms with van der Waals surface area (Å²) in [5, 5.41) is 5.00. The molecule has 162 valence electrons. The van der Waals surface area contributed by atoms with Crippen LogP contribution < -0.4 is 21.2 Å². The molecule has 4 aromatic rings. The van der Waals surface area contributed by atoms with Crippen molar-refractivity contribution >= 4 is 56.9 Å². The lowest BCUT2D eigenvalue weighted by Crippen LogP contribution is -2.32. The quantitative estimate of drug-likeness (QED) is 0.316. The van der Waals surface area contributed by atoms with E-state index >= 15 is 0 Å². The summed E-state index contributed by atoms with van der Waals surface area (Å²) < 4.78 is 0. The lowest BCUT2D eigenvalue weighted by molar-refractivity contribution is 0.460. The molecule has 0 saturated heterocycles. The van der Waals surface area contributed by atoms with Gasteiger partial charge in [0.25, 0.3) is 0 Å². The molecule has 4 aromatic carbocycles. The van der Waals surface area contributed by atoms with Crippen LogP contribution in [0.3, 0.4) is 0 Å². The van der Waals surface area contributed by atoms with E-state index in [4.69, 9.17) is 23.6 Å². The number of hydrogen-bond donors (Lipinski definition) is 0. The number of benzene rings is 4. The second kappa shape index (κ2) is 10.4.